The highest BCUT2D eigenvalue weighted by Crippen LogP contribution is 2.28. The lowest BCUT2D eigenvalue weighted by molar-refractivity contribution is 0.626. The van der Waals surface area contributed by atoms with E-state index in [0.29, 0.717) is 15.4 Å². The Hall–Kier alpha value is -0.660. The molecule has 0 amide bonds. The van der Waals surface area contributed by atoms with Crippen LogP contribution >= 0.6 is 31.9 Å². The first kappa shape index (κ1) is 11.4. The Bertz CT molecular complexity index is 384. The number of allylic oxidation sites excluding steroid dienone is 1. The van der Waals surface area contributed by atoms with Gasteiger partial charge in [-0.15, -0.1) is 0 Å². The van der Waals surface area contributed by atoms with Crippen LogP contribution in [0.4, 0.5) is 4.39 Å². The minimum atomic E-state index is -0.304. The quantitative estimate of drug-likeness (QED) is 0.798. The fourth-order valence-electron chi connectivity index (χ4n) is 0.942. The van der Waals surface area contributed by atoms with Crippen LogP contribution in [0.5, 0.6) is 0 Å². The van der Waals surface area contributed by atoms with Gasteiger partial charge in [0.1, 0.15) is 5.82 Å². The summed E-state index contributed by atoms with van der Waals surface area (Å²) in [5.74, 6) is -0.304. The van der Waals surface area contributed by atoms with Crippen molar-refractivity contribution in [2.75, 3.05) is 0 Å². The normalized spacial score (nSPS) is 10.4. The van der Waals surface area contributed by atoms with Gasteiger partial charge in [-0.1, -0.05) is 44.0 Å². The predicted molar refractivity (Wildman–Crippen MR) is 61.1 cm³/mol. The molecule has 0 heterocycles. The van der Waals surface area contributed by atoms with Gasteiger partial charge in [-0.2, -0.15) is 5.26 Å². The molecule has 0 N–H and O–H groups in total. The second-order valence-corrected chi connectivity index (χ2v) is 4.26. The van der Waals surface area contributed by atoms with E-state index in [1.54, 1.807) is 12.2 Å². The lowest BCUT2D eigenvalue weighted by atomic mass is 10.2. The number of halogens is 3. The molecule has 0 fully saturated rings. The van der Waals surface area contributed by atoms with Crippen LogP contribution in [0, 0.1) is 17.1 Å². The second-order valence-electron chi connectivity index (χ2n) is 2.55. The third-order valence-electron chi connectivity index (χ3n) is 1.54. The van der Waals surface area contributed by atoms with E-state index in [9.17, 15) is 4.39 Å². The van der Waals surface area contributed by atoms with Crippen molar-refractivity contribution in [2.24, 2.45) is 0 Å². The standard InChI is InChI=1S/C10H6Br2FN/c11-9-5-7(13)6-10(12)8(9)3-1-2-4-14/h1,3,5-6H,2H2. The fourth-order valence-corrected chi connectivity index (χ4v) is 2.34. The van der Waals surface area contributed by atoms with Crippen LogP contribution in [0.15, 0.2) is 27.2 Å². The second kappa shape index (κ2) is 5.28. The summed E-state index contributed by atoms with van der Waals surface area (Å²) in [6.07, 6.45) is 3.84. The van der Waals surface area contributed by atoms with Gasteiger partial charge < -0.3 is 0 Å². The SMILES string of the molecule is N#CCC=Cc1c(Br)cc(F)cc1Br. The first-order chi connectivity index (χ1) is 6.65. The van der Waals surface area contributed by atoms with Crippen LogP contribution in [-0.4, -0.2) is 0 Å². The molecular formula is C10H6Br2FN. The van der Waals surface area contributed by atoms with Gasteiger partial charge >= 0.3 is 0 Å². The van der Waals surface area contributed by atoms with Crippen LogP contribution < -0.4 is 0 Å². The van der Waals surface area contributed by atoms with Crippen molar-refractivity contribution in [3.05, 3.63) is 38.5 Å². The molecule has 0 spiro atoms. The van der Waals surface area contributed by atoms with Gasteiger partial charge in [-0.25, -0.2) is 4.39 Å². The van der Waals surface area contributed by atoms with Crippen molar-refractivity contribution in [1.29, 1.82) is 5.26 Å². The molecule has 0 bridgehead atoms. The Morgan fingerprint density at radius 1 is 1.36 bits per heavy atom. The van der Waals surface area contributed by atoms with E-state index in [2.05, 4.69) is 31.9 Å². The van der Waals surface area contributed by atoms with Gasteiger partial charge in [-0.05, 0) is 12.1 Å². The number of hydrogen-bond acceptors (Lipinski definition) is 1. The number of benzene rings is 1. The summed E-state index contributed by atoms with van der Waals surface area (Å²) in [5, 5.41) is 8.34. The van der Waals surface area contributed by atoms with Crippen LogP contribution in [0.25, 0.3) is 6.08 Å². The molecule has 0 saturated carbocycles. The summed E-state index contributed by atoms with van der Waals surface area (Å²) < 4.78 is 14.2. The van der Waals surface area contributed by atoms with Crippen molar-refractivity contribution < 1.29 is 4.39 Å². The van der Waals surface area contributed by atoms with Gasteiger partial charge in [-0.3, -0.25) is 0 Å². The van der Waals surface area contributed by atoms with Crippen molar-refractivity contribution in [2.45, 2.75) is 6.42 Å². The summed E-state index contributed by atoms with van der Waals surface area (Å²) in [6.45, 7) is 0. The summed E-state index contributed by atoms with van der Waals surface area (Å²) in [6, 6.07) is 4.77. The molecule has 0 aliphatic rings. The molecule has 0 aliphatic heterocycles. The average Bonchev–Trinajstić information content (AvgIpc) is 2.09. The third kappa shape index (κ3) is 2.93. The Labute approximate surface area is 98.5 Å². The molecule has 1 aromatic carbocycles. The molecule has 14 heavy (non-hydrogen) atoms. The summed E-state index contributed by atoms with van der Waals surface area (Å²) in [5.41, 5.74) is 0.835. The molecule has 1 nitrogen and oxygen atoms in total. The van der Waals surface area contributed by atoms with Crippen LogP contribution in [0.3, 0.4) is 0 Å². The number of nitrogens with zero attached hydrogens (tertiary/aromatic N) is 1. The molecule has 1 rings (SSSR count). The van der Waals surface area contributed by atoms with Crippen molar-refractivity contribution in [3.63, 3.8) is 0 Å². The molecule has 0 atom stereocenters. The Morgan fingerprint density at radius 2 is 1.93 bits per heavy atom. The molecule has 72 valence electrons. The highest BCUT2D eigenvalue weighted by atomic mass is 79.9. The minimum absolute atomic E-state index is 0.304. The number of nitriles is 1. The first-order valence-electron chi connectivity index (χ1n) is 3.83. The van der Waals surface area contributed by atoms with Crippen molar-refractivity contribution in [3.8, 4) is 6.07 Å². The lowest BCUT2D eigenvalue weighted by Crippen LogP contribution is -1.82. The smallest absolute Gasteiger partial charge is 0.125 e. The highest BCUT2D eigenvalue weighted by Gasteiger charge is 2.03. The van der Waals surface area contributed by atoms with E-state index in [0.717, 1.165) is 5.56 Å². The molecule has 0 radical (unpaired) electrons. The Balaban J connectivity index is 3.04. The average molecular weight is 319 g/mol. The van der Waals surface area contributed by atoms with Gasteiger partial charge in [0.25, 0.3) is 0 Å². The van der Waals surface area contributed by atoms with E-state index in [-0.39, 0.29) is 5.82 Å². The molecule has 0 aromatic heterocycles. The summed E-state index contributed by atoms with van der Waals surface area (Å²) >= 11 is 6.49. The van der Waals surface area contributed by atoms with Crippen molar-refractivity contribution >= 4 is 37.9 Å². The maximum absolute atomic E-state index is 12.9. The summed E-state index contributed by atoms with van der Waals surface area (Å²) in [4.78, 5) is 0. The van der Waals surface area contributed by atoms with Crippen molar-refractivity contribution in [1.82, 2.24) is 0 Å². The van der Waals surface area contributed by atoms with Crippen LogP contribution in [0.1, 0.15) is 12.0 Å². The van der Waals surface area contributed by atoms with Gasteiger partial charge in [0, 0.05) is 14.5 Å². The summed E-state index contributed by atoms with van der Waals surface area (Å²) in [7, 11) is 0. The largest absolute Gasteiger partial charge is 0.207 e. The maximum atomic E-state index is 12.9. The molecular weight excluding hydrogens is 313 g/mol. The van der Waals surface area contributed by atoms with E-state index < -0.39 is 0 Å². The Kier molecular flexibility index (Phi) is 4.30. The predicted octanol–water partition coefficient (Wildman–Crippen LogP) is 4.28. The van der Waals surface area contributed by atoms with Gasteiger partial charge in [0.15, 0.2) is 0 Å². The van der Waals surface area contributed by atoms with Gasteiger partial charge in [0.2, 0.25) is 0 Å². The highest BCUT2D eigenvalue weighted by molar-refractivity contribution is 9.11. The molecule has 0 saturated heterocycles. The maximum Gasteiger partial charge on any atom is 0.125 e. The minimum Gasteiger partial charge on any atom is -0.207 e. The van der Waals surface area contributed by atoms with Crippen LogP contribution in [0.2, 0.25) is 0 Å². The third-order valence-corrected chi connectivity index (χ3v) is 2.85. The topological polar surface area (TPSA) is 23.8 Å². The first-order valence-corrected chi connectivity index (χ1v) is 5.42. The molecule has 0 aliphatic carbocycles. The lowest BCUT2D eigenvalue weighted by Gasteiger charge is -2.01. The zero-order valence-corrected chi connectivity index (χ0v) is 10.3. The molecule has 4 heteroatoms. The monoisotopic (exact) mass is 317 g/mol. The van der Waals surface area contributed by atoms with E-state index >= 15 is 0 Å². The zero-order valence-electron chi connectivity index (χ0n) is 7.10. The van der Waals surface area contributed by atoms with E-state index in [1.807, 2.05) is 6.07 Å². The fraction of sp³-hybridized carbons (Fsp3) is 0.100. The van der Waals surface area contributed by atoms with Gasteiger partial charge in [0.05, 0.1) is 12.5 Å². The zero-order chi connectivity index (χ0) is 10.6. The number of rotatable bonds is 2. The van der Waals surface area contributed by atoms with E-state index in [4.69, 9.17) is 5.26 Å². The van der Waals surface area contributed by atoms with Crippen LogP contribution in [-0.2, 0) is 0 Å². The molecule has 1 aromatic rings. The molecule has 0 unspecified atom stereocenters. The van der Waals surface area contributed by atoms with E-state index in [1.165, 1.54) is 12.1 Å². The Morgan fingerprint density at radius 3 is 2.43 bits per heavy atom. The number of hydrogen-bond donors (Lipinski definition) is 0.